The van der Waals surface area contributed by atoms with E-state index in [1.165, 1.54) is 4.88 Å². The standard InChI is InChI=1S/C14H31O3PSSi2/c1-20(2,3)16-18(15,17-21(4,5)6)12-8-7-10-14-11-9-13-19-14/h9,11,13,15,18H,7-8,10,12H2,1-6H3. The summed E-state index contributed by atoms with van der Waals surface area (Å²) in [5, 5.41) is 2.11. The van der Waals surface area contributed by atoms with E-state index in [4.69, 9.17) is 8.43 Å². The first kappa shape index (κ1) is 19.5. The summed E-state index contributed by atoms with van der Waals surface area (Å²) in [6, 6.07) is 4.26. The van der Waals surface area contributed by atoms with Crippen LogP contribution >= 0.6 is 19.3 Å². The summed E-state index contributed by atoms with van der Waals surface area (Å²) in [4.78, 5) is 12.3. The van der Waals surface area contributed by atoms with E-state index in [1.54, 1.807) is 11.3 Å². The Balaban J connectivity index is 2.52. The number of rotatable bonds is 9. The van der Waals surface area contributed by atoms with Gasteiger partial charge in [-0.3, -0.25) is 0 Å². The fraction of sp³-hybridized carbons (Fsp3) is 0.714. The molecule has 0 aliphatic rings. The van der Waals surface area contributed by atoms with Crippen LogP contribution in [0.1, 0.15) is 17.7 Å². The van der Waals surface area contributed by atoms with Gasteiger partial charge in [0.2, 0.25) is 0 Å². The van der Waals surface area contributed by atoms with Crippen LogP contribution in [0.15, 0.2) is 17.5 Å². The molecule has 0 saturated carbocycles. The van der Waals surface area contributed by atoms with Gasteiger partial charge in [-0.05, 0) is 0 Å². The number of hydrogen-bond acceptors (Lipinski definition) is 4. The maximum absolute atomic E-state index is 10.9. The second-order valence-electron chi connectivity index (χ2n) is 7.43. The van der Waals surface area contributed by atoms with Gasteiger partial charge in [-0.25, -0.2) is 0 Å². The number of thiophene rings is 1. The Morgan fingerprint density at radius 1 is 1.05 bits per heavy atom. The maximum atomic E-state index is 10.9. The molecule has 21 heavy (non-hydrogen) atoms. The predicted molar refractivity (Wildman–Crippen MR) is 102 cm³/mol. The number of hydrogen-bond donors (Lipinski definition) is 1. The van der Waals surface area contributed by atoms with E-state index >= 15 is 0 Å². The quantitative estimate of drug-likeness (QED) is 0.368. The zero-order valence-electron chi connectivity index (χ0n) is 14.2. The molecule has 0 unspecified atom stereocenters. The predicted octanol–water partition coefficient (Wildman–Crippen LogP) is 5.26. The molecule has 0 fully saturated rings. The molecule has 1 N–H and O–H groups in total. The van der Waals surface area contributed by atoms with Crippen LogP contribution in [0.25, 0.3) is 0 Å². The SMILES string of the molecule is C[Si](C)(C)O[PH](O)(CCCCc1cccs1)O[Si](C)(C)C. The Morgan fingerprint density at radius 2 is 1.62 bits per heavy atom. The van der Waals surface area contributed by atoms with E-state index in [9.17, 15) is 4.89 Å². The van der Waals surface area contributed by atoms with Gasteiger partial charge in [-0.1, -0.05) is 0 Å². The Morgan fingerprint density at radius 3 is 2.05 bits per heavy atom. The van der Waals surface area contributed by atoms with Crippen molar-refractivity contribution < 1.29 is 13.3 Å². The summed E-state index contributed by atoms with van der Waals surface area (Å²) in [5.41, 5.74) is 0. The van der Waals surface area contributed by atoms with Crippen molar-refractivity contribution in [3.63, 3.8) is 0 Å². The second-order valence-corrected chi connectivity index (χ2v) is 20.5. The molecule has 0 spiro atoms. The van der Waals surface area contributed by atoms with Gasteiger partial charge in [-0.2, -0.15) is 0 Å². The first-order valence-corrected chi connectivity index (χ1v) is 17.3. The van der Waals surface area contributed by atoms with Gasteiger partial charge in [-0.15, -0.1) is 0 Å². The molecule has 0 atom stereocenters. The van der Waals surface area contributed by atoms with Gasteiger partial charge in [0.25, 0.3) is 0 Å². The van der Waals surface area contributed by atoms with Crippen LogP contribution in [-0.4, -0.2) is 27.7 Å². The Hall–Kier alpha value is 0.444. The molecule has 1 aromatic heterocycles. The molecular formula is C14H31O3PSSi2. The molecule has 7 heteroatoms. The molecule has 0 radical (unpaired) electrons. The van der Waals surface area contributed by atoms with Crippen LogP contribution < -0.4 is 0 Å². The molecule has 0 saturated heterocycles. The van der Waals surface area contributed by atoms with Gasteiger partial charge < -0.3 is 0 Å². The molecule has 0 aliphatic heterocycles. The third-order valence-corrected chi connectivity index (χ3v) is 12.0. The first-order chi connectivity index (χ1) is 9.49. The van der Waals surface area contributed by atoms with Gasteiger partial charge in [0.05, 0.1) is 0 Å². The Labute approximate surface area is 136 Å². The molecule has 0 bridgehead atoms. The van der Waals surface area contributed by atoms with Gasteiger partial charge in [0, 0.05) is 0 Å². The molecule has 1 rings (SSSR count). The van der Waals surface area contributed by atoms with Crippen molar-refractivity contribution >= 4 is 35.9 Å². The van der Waals surface area contributed by atoms with Gasteiger partial charge >= 0.3 is 136 Å². The van der Waals surface area contributed by atoms with Crippen molar-refractivity contribution in [2.45, 2.75) is 58.5 Å². The van der Waals surface area contributed by atoms with E-state index < -0.39 is 24.6 Å². The van der Waals surface area contributed by atoms with E-state index in [2.05, 4.69) is 56.8 Å². The normalized spacial score (nSPS) is 14.4. The summed E-state index contributed by atoms with van der Waals surface area (Å²) >= 11 is 1.80. The average molecular weight is 367 g/mol. The Kier molecular flexibility index (Phi) is 7.26. The van der Waals surface area contributed by atoms with Crippen molar-refractivity contribution in [3.05, 3.63) is 22.4 Å². The van der Waals surface area contributed by atoms with E-state index in [-0.39, 0.29) is 0 Å². The summed E-state index contributed by atoms with van der Waals surface area (Å²) in [6.45, 7) is 12.7. The molecule has 3 nitrogen and oxygen atoms in total. The van der Waals surface area contributed by atoms with Crippen LogP contribution in [0.3, 0.4) is 0 Å². The minimum absolute atomic E-state index is 0.687. The number of aryl methyl sites for hydroxylation is 1. The molecule has 1 aromatic rings. The first-order valence-electron chi connectivity index (χ1n) is 7.64. The summed E-state index contributed by atoms with van der Waals surface area (Å²) < 4.78 is 12.2. The molecule has 0 amide bonds. The van der Waals surface area contributed by atoms with Crippen LogP contribution in [0.2, 0.25) is 39.3 Å². The zero-order chi connectivity index (χ0) is 16.1. The van der Waals surface area contributed by atoms with Gasteiger partial charge in [0.15, 0.2) is 0 Å². The monoisotopic (exact) mass is 366 g/mol. The van der Waals surface area contributed by atoms with Crippen molar-refractivity contribution in [2.24, 2.45) is 0 Å². The third kappa shape index (κ3) is 9.23. The van der Waals surface area contributed by atoms with Gasteiger partial charge in [0.1, 0.15) is 0 Å². The van der Waals surface area contributed by atoms with Crippen molar-refractivity contribution in [1.29, 1.82) is 0 Å². The third-order valence-electron chi connectivity index (χ3n) is 2.68. The van der Waals surface area contributed by atoms with Crippen LogP contribution in [0, 0.1) is 0 Å². The van der Waals surface area contributed by atoms with E-state index in [1.807, 2.05) is 0 Å². The minimum atomic E-state index is -3.02. The molecular weight excluding hydrogens is 335 g/mol. The van der Waals surface area contributed by atoms with Crippen LogP contribution in [-0.2, 0) is 14.8 Å². The topological polar surface area (TPSA) is 38.7 Å². The fourth-order valence-corrected chi connectivity index (χ4v) is 12.6. The molecule has 124 valence electrons. The average Bonchev–Trinajstić information content (AvgIpc) is 2.71. The van der Waals surface area contributed by atoms with E-state index in [0.717, 1.165) is 19.3 Å². The van der Waals surface area contributed by atoms with Crippen molar-refractivity contribution in [3.8, 4) is 0 Å². The molecule has 0 aliphatic carbocycles. The summed E-state index contributed by atoms with van der Waals surface area (Å²) in [6.07, 6.45) is 3.82. The van der Waals surface area contributed by atoms with E-state index in [0.29, 0.717) is 6.16 Å². The van der Waals surface area contributed by atoms with Crippen LogP contribution in [0.4, 0.5) is 0 Å². The van der Waals surface area contributed by atoms with Crippen molar-refractivity contribution in [1.82, 2.24) is 0 Å². The zero-order valence-corrected chi connectivity index (χ0v) is 18.0. The van der Waals surface area contributed by atoms with Crippen LogP contribution in [0.5, 0.6) is 0 Å². The fourth-order valence-electron chi connectivity index (χ4n) is 2.18. The molecule has 1 heterocycles. The summed E-state index contributed by atoms with van der Waals surface area (Å²) in [5.74, 6) is 0. The molecule has 0 aromatic carbocycles. The Bertz CT molecular complexity index is 397. The summed E-state index contributed by atoms with van der Waals surface area (Å²) in [7, 11) is -6.60. The van der Waals surface area contributed by atoms with Crippen molar-refractivity contribution in [2.75, 3.05) is 6.16 Å². The second kappa shape index (κ2) is 7.82. The number of unbranched alkanes of at least 4 members (excludes halogenated alkanes) is 1.